The predicted octanol–water partition coefficient (Wildman–Crippen LogP) is 3.15. The van der Waals surface area contributed by atoms with Crippen LogP contribution in [0.15, 0.2) is 89.8 Å². The van der Waals surface area contributed by atoms with E-state index in [1.165, 1.54) is 30.3 Å². The minimum absolute atomic E-state index is 0.0152. The van der Waals surface area contributed by atoms with Gasteiger partial charge in [0.1, 0.15) is 6.54 Å². The van der Waals surface area contributed by atoms with Gasteiger partial charge in [0.15, 0.2) is 0 Å². The van der Waals surface area contributed by atoms with E-state index < -0.39 is 27.4 Å². The van der Waals surface area contributed by atoms with Crippen molar-refractivity contribution in [2.24, 2.45) is 0 Å². The third kappa shape index (κ3) is 5.67. The fourth-order valence-electron chi connectivity index (χ4n) is 2.97. The van der Waals surface area contributed by atoms with Gasteiger partial charge in [0.25, 0.3) is 15.7 Å². The average molecular weight is 439 g/mol. The lowest BCUT2D eigenvalue weighted by Gasteiger charge is -2.24. The topological polar surface area (TPSA) is 110 Å². The Hall–Kier alpha value is -3.72. The summed E-state index contributed by atoms with van der Waals surface area (Å²) in [5, 5.41) is 13.9. The van der Waals surface area contributed by atoms with Crippen LogP contribution in [0.3, 0.4) is 0 Å². The lowest BCUT2D eigenvalue weighted by Crippen LogP contribution is -2.41. The molecule has 0 fully saturated rings. The van der Waals surface area contributed by atoms with Crippen LogP contribution >= 0.6 is 0 Å². The van der Waals surface area contributed by atoms with Crippen LogP contribution in [0.2, 0.25) is 0 Å². The van der Waals surface area contributed by atoms with Crippen molar-refractivity contribution in [1.82, 2.24) is 5.32 Å². The largest absolute Gasteiger partial charge is 0.354 e. The number of benzene rings is 3. The van der Waals surface area contributed by atoms with Crippen molar-refractivity contribution in [3.63, 3.8) is 0 Å². The molecule has 0 atom stereocenters. The number of amides is 1. The highest BCUT2D eigenvalue weighted by atomic mass is 32.2. The average Bonchev–Trinajstić information content (AvgIpc) is 2.79. The van der Waals surface area contributed by atoms with Gasteiger partial charge in [-0.3, -0.25) is 19.2 Å². The van der Waals surface area contributed by atoms with Gasteiger partial charge in [0, 0.05) is 18.7 Å². The van der Waals surface area contributed by atoms with Gasteiger partial charge < -0.3 is 5.32 Å². The van der Waals surface area contributed by atoms with Gasteiger partial charge in [-0.05, 0) is 30.2 Å². The maximum Gasteiger partial charge on any atom is 0.271 e. The molecule has 3 rings (SSSR count). The van der Waals surface area contributed by atoms with E-state index in [-0.39, 0.29) is 16.3 Å². The van der Waals surface area contributed by atoms with Gasteiger partial charge in [0.05, 0.1) is 15.5 Å². The minimum Gasteiger partial charge on any atom is -0.354 e. The van der Waals surface area contributed by atoms with Gasteiger partial charge in [-0.1, -0.05) is 54.6 Å². The third-order valence-electron chi connectivity index (χ3n) is 4.53. The Morgan fingerprint density at radius 2 is 1.58 bits per heavy atom. The molecule has 0 saturated carbocycles. The molecule has 0 spiro atoms. The van der Waals surface area contributed by atoms with E-state index in [0.717, 1.165) is 15.9 Å². The lowest BCUT2D eigenvalue weighted by molar-refractivity contribution is -0.384. The van der Waals surface area contributed by atoms with E-state index in [1.807, 2.05) is 30.3 Å². The number of carbonyl (C=O) groups is 1. The first-order valence-corrected chi connectivity index (χ1v) is 10.9. The lowest BCUT2D eigenvalue weighted by atomic mass is 10.1. The quantitative estimate of drug-likeness (QED) is 0.407. The highest BCUT2D eigenvalue weighted by Crippen LogP contribution is 2.26. The highest BCUT2D eigenvalue weighted by molar-refractivity contribution is 7.92. The summed E-state index contributed by atoms with van der Waals surface area (Å²) in [5.41, 5.74) is 0.807. The molecular weight excluding hydrogens is 418 g/mol. The maximum atomic E-state index is 13.2. The molecule has 0 unspecified atom stereocenters. The molecule has 0 radical (unpaired) electrons. The van der Waals surface area contributed by atoms with E-state index in [0.29, 0.717) is 13.0 Å². The molecule has 0 heterocycles. The smallest absolute Gasteiger partial charge is 0.271 e. The number of anilines is 1. The van der Waals surface area contributed by atoms with Gasteiger partial charge in [0.2, 0.25) is 5.91 Å². The maximum absolute atomic E-state index is 13.2. The molecule has 0 aliphatic rings. The number of sulfonamides is 1. The van der Waals surface area contributed by atoms with Crippen LogP contribution in [0, 0.1) is 10.1 Å². The molecule has 3 aromatic rings. The number of nitrogens with zero attached hydrogens (tertiary/aromatic N) is 2. The van der Waals surface area contributed by atoms with Crippen LogP contribution in [0.5, 0.6) is 0 Å². The second kappa shape index (κ2) is 9.86. The molecule has 9 heteroatoms. The summed E-state index contributed by atoms with van der Waals surface area (Å²) in [5.74, 6) is -0.512. The van der Waals surface area contributed by atoms with Crippen LogP contribution in [-0.4, -0.2) is 32.3 Å². The zero-order chi connectivity index (χ0) is 22.3. The molecule has 1 N–H and O–H groups in total. The Kier molecular flexibility index (Phi) is 6.99. The molecule has 31 heavy (non-hydrogen) atoms. The Labute approximate surface area is 180 Å². The molecule has 160 valence electrons. The zero-order valence-corrected chi connectivity index (χ0v) is 17.4. The minimum atomic E-state index is -4.12. The van der Waals surface area contributed by atoms with E-state index in [1.54, 1.807) is 18.2 Å². The van der Waals surface area contributed by atoms with Crippen molar-refractivity contribution in [2.75, 3.05) is 17.4 Å². The Balaban J connectivity index is 1.83. The summed E-state index contributed by atoms with van der Waals surface area (Å²) in [4.78, 5) is 23.1. The Morgan fingerprint density at radius 1 is 0.935 bits per heavy atom. The number of hydrogen-bond acceptors (Lipinski definition) is 5. The van der Waals surface area contributed by atoms with Crippen LogP contribution < -0.4 is 9.62 Å². The number of nitro groups is 1. The first kappa shape index (κ1) is 22.0. The first-order chi connectivity index (χ1) is 14.9. The van der Waals surface area contributed by atoms with Crippen LogP contribution in [0.25, 0.3) is 0 Å². The van der Waals surface area contributed by atoms with E-state index in [9.17, 15) is 23.3 Å². The summed E-state index contributed by atoms with van der Waals surface area (Å²) in [7, 11) is -4.12. The molecule has 3 aromatic carbocycles. The van der Waals surface area contributed by atoms with Gasteiger partial charge in [-0.2, -0.15) is 0 Å². The number of nitro benzene ring substituents is 1. The highest BCUT2D eigenvalue weighted by Gasteiger charge is 2.28. The number of hydrogen-bond donors (Lipinski definition) is 1. The molecule has 8 nitrogen and oxygen atoms in total. The van der Waals surface area contributed by atoms with Crippen molar-refractivity contribution in [3.8, 4) is 0 Å². The summed E-state index contributed by atoms with van der Waals surface area (Å²) < 4.78 is 27.3. The van der Waals surface area contributed by atoms with Gasteiger partial charge in [-0.25, -0.2) is 8.42 Å². The molecule has 0 bridgehead atoms. The van der Waals surface area contributed by atoms with Crippen molar-refractivity contribution >= 4 is 27.3 Å². The summed E-state index contributed by atoms with van der Waals surface area (Å²) in [6, 6.07) is 22.4. The monoisotopic (exact) mass is 439 g/mol. The Morgan fingerprint density at radius 3 is 2.23 bits per heavy atom. The molecule has 0 aliphatic carbocycles. The van der Waals surface area contributed by atoms with E-state index in [4.69, 9.17) is 0 Å². The SMILES string of the molecule is O=C(CN(c1cccc([N+](=O)[O-])c1)S(=O)(=O)c1ccccc1)NCCc1ccccc1. The second-order valence-corrected chi connectivity index (χ2v) is 8.55. The number of non-ortho nitro benzene ring substituents is 1. The predicted molar refractivity (Wildman–Crippen MR) is 117 cm³/mol. The van der Waals surface area contributed by atoms with Crippen molar-refractivity contribution < 1.29 is 18.1 Å². The molecule has 0 aliphatic heterocycles. The van der Waals surface area contributed by atoms with Crippen molar-refractivity contribution in [2.45, 2.75) is 11.3 Å². The fraction of sp³-hybridized carbons (Fsp3) is 0.136. The molecular formula is C22H21N3O5S. The number of carbonyl (C=O) groups excluding carboxylic acids is 1. The van der Waals surface area contributed by atoms with Gasteiger partial charge in [-0.15, -0.1) is 0 Å². The molecule has 0 saturated heterocycles. The summed E-state index contributed by atoms with van der Waals surface area (Å²) >= 11 is 0. The van der Waals surface area contributed by atoms with E-state index in [2.05, 4.69) is 5.32 Å². The fourth-order valence-corrected chi connectivity index (χ4v) is 4.41. The van der Waals surface area contributed by atoms with Crippen LogP contribution in [0.4, 0.5) is 11.4 Å². The van der Waals surface area contributed by atoms with Gasteiger partial charge >= 0.3 is 0 Å². The number of rotatable bonds is 9. The second-order valence-electron chi connectivity index (χ2n) is 6.69. The summed E-state index contributed by atoms with van der Waals surface area (Å²) in [6.45, 7) is -0.176. The third-order valence-corrected chi connectivity index (χ3v) is 6.31. The first-order valence-electron chi connectivity index (χ1n) is 9.51. The van der Waals surface area contributed by atoms with Crippen LogP contribution in [-0.2, 0) is 21.2 Å². The molecule has 1 amide bonds. The zero-order valence-electron chi connectivity index (χ0n) is 16.5. The van der Waals surface area contributed by atoms with Crippen LogP contribution in [0.1, 0.15) is 5.56 Å². The Bertz CT molecular complexity index is 1150. The van der Waals surface area contributed by atoms with E-state index >= 15 is 0 Å². The summed E-state index contributed by atoms with van der Waals surface area (Å²) in [6.07, 6.45) is 0.592. The normalized spacial score (nSPS) is 11.0. The van der Waals surface area contributed by atoms with Crippen molar-refractivity contribution in [3.05, 3.63) is 101 Å². The standard InChI is InChI=1S/C22H21N3O5S/c26-22(23-15-14-18-8-3-1-4-9-18)17-24(19-10-7-11-20(16-19)25(27)28)31(29,30)21-12-5-2-6-13-21/h1-13,16H,14-15,17H2,(H,23,26). The number of nitrogens with one attached hydrogen (secondary N) is 1. The molecule has 0 aromatic heterocycles. The van der Waals surface area contributed by atoms with Crippen molar-refractivity contribution in [1.29, 1.82) is 0 Å².